The van der Waals surface area contributed by atoms with E-state index in [2.05, 4.69) is 37.4 Å². The normalized spacial score (nSPS) is 11.0. The number of aliphatic hydroxyl groups excluding tert-OH is 1. The van der Waals surface area contributed by atoms with E-state index in [0.717, 1.165) is 41.8 Å². The van der Waals surface area contributed by atoms with Gasteiger partial charge in [0.1, 0.15) is 25.0 Å². The summed E-state index contributed by atoms with van der Waals surface area (Å²) < 4.78 is 0. The second kappa shape index (κ2) is 18.6. The first-order valence-electron chi connectivity index (χ1n) is 11.2. The topological polar surface area (TPSA) is 117 Å². The SMILES string of the molecule is CC.CCCNC(=O)CO.C\C=C/C=C(\C=C/C)c1n[nH]c(CCC)c1-c1ncncn1. The van der Waals surface area contributed by atoms with Gasteiger partial charge in [-0.05, 0) is 26.7 Å². The summed E-state index contributed by atoms with van der Waals surface area (Å²) in [6.07, 6.45) is 15.9. The number of aromatic amines is 1. The average molecular weight is 443 g/mol. The van der Waals surface area contributed by atoms with Crippen molar-refractivity contribution in [2.45, 2.75) is 60.8 Å². The van der Waals surface area contributed by atoms with Gasteiger partial charge < -0.3 is 10.4 Å². The maximum absolute atomic E-state index is 10.2. The van der Waals surface area contributed by atoms with Gasteiger partial charge in [0.25, 0.3) is 0 Å². The molecule has 2 rings (SSSR count). The Kier molecular flexibility index (Phi) is 16.8. The zero-order valence-corrected chi connectivity index (χ0v) is 20.2. The van der Waals surface area contributed by atoms with Crippen LogP contribution in [0.4, 0.5) is 0 Å². The molecule has 8 heteroatoms. The Balaban J connectivity index is 0.000000814. The van der Waals surface area contributed by atoms with Gasteiger partial charge in [-0.2, -0.15) is 5.10 Å². The molecule has 0 unspecified atom stereocenters. The third-order valence-electron chi connectivity index (χ3n) is 3.86. The summed E-state index contributed by atoms with van der Waals surface area (Å²) in [5.41, 5.74) is 3.90. The number of carbonyl (C=O) groups excluding carboxylic acids is 1. The third-order valence-corrected chi connectivity index (χ3v) is 3.86. The molecule has 0 fully saturated rings. The molecule has 0 spiro atoms. The minimum absolute atomic E-state index is 0.299. The summed E-state index contributed by atoms with van der Waals surface area (Å²) in [4.78, 5) is 22.7. The lowest BCUT2D eigenvalue weighted by Crippen LogP contribution is -2.26. The Labute approximate surface area is 192 Å². The van der Waals surface area contributed by atoms with Crippen LogP contribution in [-0.2, 0) is 11.2 Å². The Morgan fingerprint density at radius 1 is 1.12 bits per heavy atom. The molecule has 0 saturated carbocycles. The van der Waals surface area contributed by atoms with Gasteiger partial charge in [0.15, 0.2) is 5.82 Å². The lowest BCUT2D eigenvalue weighted by atomic mass is 10.0. The van der Waals surface area contributed by atoms with Crippen LogP contribution in [0, 0.1) is 0 Å². The highest BCUT2D eigenvalue weighted by atomic mass is 16.3. The first kappa shape index (κ1) is 28.9. The van der Waals surface area contributed by atoms with Crippen LogP contribution in [0.1, 0.15) is 65.8 Å². The maximum Gasteiger partial charge on any atom is 0.245 e. The number of hydrogen-bond donors (Lipinski definition) is 3. The van der Waals surface area contributed by atoms with E-state index in [1.807, 2.05) is 65.0 Å². The number of nitrogens with zero attached hydrogens (tertiary/aromatic N) is 4. The van der Waals surface area contributed by atoms with Crippen molar-refractivity contribution < 1.29 is 9.90 Å². The van der Waals surface area contributed by atoms with Gasteiger partial charge in [-0.3, -0.25) is 9.89 Å². The van der Waals surface area contributed by atoms with Crippen molar-refractivity contribution in [3.8, 4) is 11.4 Å². The van der Waals surface area contributed by atoms with Crippen molar-refractivity contribution in [2.75, 3.05) is 13.2 Å². The number of aromatic nitrogens is 5. The predicted octanol–water partition coefficient (Wildman–Crippen LogP) is 4.28. The molecule has 2 aromatic rings. The quantitative estimate of drug-likeness (QED) is 0.499. The van der Waals surface area contributed by atoms with Crippen LogP contribution in [0.3, 0.4) is 0 Å². The maximum atomic E-state index is 10.2. The summed E-state index contributed by atoms with van der Waals surface area (Å²) in [6, 6.07) is 0. The van der Waals surface area contributed by atoms with Gasteiger partial charge in [-0.15, -0.1) is 0 Å². The van der Waals surface area contributed by atoms with Crippen molar-refractivity contribution in [3.63, 3.8) is 0 Å². The molecule has 0 aromatic carbocycles. The molecule has 0 atom stereocenters. The number of rotatable bonds is 9. The summed E-state index contributed by atoms with van der Waals surface area (Å²) in [5.74, 6) is 0.352. The third kappa shape index (κ3) is 10.3. The molecule has 0 saturated heterocycles. The molecule has 8 nitrogen and oxygen atoms in total. The average Bonchev–Trinajstić information content (AvgIpc) is 3.26. The van der Waals surface area contributed by atoms with E-state index < -0.39 is 6.61 Å². The lowest BCUT2D eigenvalue weighted by Gasteiger charge is -2.04. The molecule has 0 bridgehead atoms. The van der Waals surface area contributed by atoms with E-state index in [0.29, 0.717) is 12.4 Å². The number of amides is 1. The van der Waals surface area contributed by atoms with Gasteiger partial charge in [0, 0.05) is 17.8 Å². The van der Waals surface area contributed by atoms with Crippen LogP contribution in [-0.4, -0.2) is 49.3 Å². The fraction of sp³-hybridized carbons (Fsp3) is 0.458. The second-order valence-corrected chi connectivity index (χ2v) is 6.29. The molecule has 0 aliphatic heterocycles. The standard InChI is InChI=1S/C17H21N5.C5H11NO2.C2H6/c1-4-7-10-13(8-5-2)16-15(14(9-6-3)21-22-16)17-19-11-18-12-20-17;1-2-3-6-5(8)4-7;1-2/h4-5,7-8,10-12H,6,9H2,1-3H3,(H,21,22);7H,2-4H2,1H3,(H,6,8);1-2H3/b7-4-,8-5-,13-10+;;. The van der Waals surface area contributed by atoms with Gasteiger partial charge in [0.2, 0.25) is 5.91 Å². The minimum atomic E-state index is -0.403. The van der Waals surface area contributed by atoms with Crippen molar-refractivity contribution in [1.29, 1.82) is 0 Å². The van der Waals surface area contributed by atoms with Crippen molar-refractivity contribution >= 4 is 11.5 Å². The molecular formula is C24H38N6O2. The van der Waals surface area contributed by atoms with E-state index in [-0.39, 0.29) is 5.91 Å². The first-order valence-corrected chi connectivity index (χ1v) is 11.2. The number of hydrogen-bond acceptors (Lipinski definition) is 6. The van der Waals surface area contributed by atoms with E-state index >= 15 is 0 Å². The minimum Gasteiger partial charge on any atom is -0.387 e. The van der Waals surface area contributed by atoms with Crippen molar-refractivity contribution in [3.05, 3.63) is 54.4 Å². The van der Waals surface area contributed by atoms with E-state index in [9.17, 15) is 4.79 Å². The molecule has 2 heterocycles. The van der Waals surface area contributed by atoms with Crippen LogP contribution in [0.25, 0.3) is 17.0 Å². The molecule has 0 radical (unpaired) electrons. The Morgan fingerprint density at radius 2 is 1.81 bits per heavy atom. The number of aliphatic hydroxyl groups is 1. The fourth-order valence-electron chi connectivity index (χ4n) is 2.54. The summed E-state index contributed by atoms with van der Waals surface area (Å²) in [5, 5.41) is 18.3. The number of allylic oxidation sites excluding steroid dienone is 6. The van der Waals surface area contributed by atoms with Gasteiger partial charge >= 0.3 is 0 Å². The van der Waals surface area contributed by atoms with Crippen LogP contribution < -0.4 is 5.32 Å². The molecule has 3 N–H and O–H groups in total. The first-order chi connectivity index (χ1) is 15.6. The lowest BCUT2D eigenvalue weighted by molar-refractivity contribution is -0.123. The second-order valence-electron chi connectivity index (χ2n) is 6.29. The highest BCUT2D eigenvalue weighted by molar-refractivity contribution is 5.83. The number of aryl methyl sites for hydroxylation is 1. The number of nitrogens with one attached hydrogen (secondary N) is 2. The van der Waals surface area contributed by atoms with E-state index in [1.165, 1.54) is 12.7 Å². The molecule has 1 amide bonds. The zero-order chi connectivity index (χ0) is 24.2. The molecule has 176 valence electrons. The smallest absolute Gasteiger partial charge is 0.245 e. The highest BCUT2D eigenvalue weighted by Gasteiger charge is 2.18. The van der Waals surface area contributed by atoms with Crippen molar-refractivity contribution in [2.24, 2.45) is 0 Å². The predicted molar refractivity (Wildman–Crippen MR) is 131 cm³/mol. The molecule has 32 heavy (non-hydrogen) atoms. The zero-order valence-electron chi connectivity index (χ0n) is 20.2. The van der Waals surface area contributed by atoms with Gasteiger partial charge in [-0.1, -0.05) is 64.5 Å². The van der Waals surface area contributed by atoms with E-state index in [4.69, 9.17) is 5.11 Å². The highest BCUT2D eigenvalue weighted by Crippen LogP contribution is 2.29. The van der Waals surface area contributed by atoms with E-state index in [1.54, 1.807) is 0 Å². The van der Waals surface area contributed by atoms with Crippen LogP contribution in [0.2, 0.25) is 0 Å². The van der Waals surface area contributed by atoms with Crippen LogP contribution >= 0.6 is 0 Å². The fourth-order valence-corrected chi connectivity index (χ4v) is 2.54. The largest absolute Gasteiger partial charge is 0.387 e. The molecule has 0 aliphatic rings. The Morgan fingerprint density at radius 3 is 2.34 bits per heavy atom. The van der Waals surface area contributed by atoms with Crippen LogP contribution in [0.15, 0.2) is 43.0 Å². The molecular weight excluding hydrogens is 404 g/mol. The Bertz CT molecular complexity index is 841. The number of carbonyl (C=O) groups is 1. The summed E-state index contributed by atoms with van der Waals surface area (Å²) in [7, 11) is 0. The Hall–Kier alpha value is -3.13. The van der Waals surface area contributed by atoms with Crippen LogP contribution in [0.5, 0.6) is 0 Å². The monoisotopic (exact) mass is 442 g/mol. The molecule has 2 aromatic heterocycles. The summed E-state index contributed by atoms with van der Waals surface area (Å²) in [6.45, 7) is 12.3. The van der Waals surface area contributed by atoms with Gasteiger partial charge in [-0.25, -0.2) is 15.0 Å². The summed E-state index contributed by atoms with van der Waals surface area (Å²) >= 11 is 0. The van der Waals surface area contributed by atoms with Crippen molar-refractivity contribution in [1.82, 2.24) is 30.5 Å². The number of H-pyrrole nitrogens is 1. The molecule has 0 aliphatic carbocycles. The van der Waals surface area contributed by atoms with Gasteiger partial charge in [0.05, 0.1) is 5.56 Å².